The molecule has 1 N–H and O–H groups in total. The number of hydrogen-bond donors (Lipinski definition) is 1. The van der Waals surface area contributed by atoms with E-state index in [1.54, 1.807) is 29.2 Å². The number of hydrogen-bond acceptors (Lipinski definition) is 3. The zero-order valence-electron chi connectivity index (χ0n) is 13.5. The van der Waals surface area contributed by atoms with Crippen LogP contribution in [0.5, 0.6) is 0 Å². The molecule has 0 unspecified atom stereocenters. The third-order valence-electron chi connectivity index (χ3n) is 3.86. The van der Waals surface area contributed by atoms with Crippen molar-refractivity contribution in [2.75, 3.05) is 26.2 Å². The Bertz CT molecular complexity index is 706. The van der Waals surface area contributed by atoms with E-state index in [1.165, 1.54) is 11.0 Å². The molecule has 2 amide bonds. The zero-order valence-corrected chi connectivity index (χ0v) is 15.0. The number of halogens is 2. The van der Waals surface area contributed by atoms with Gasteiger partial charge in [-0.15, -0.1) is 0 Å². The van der Waals surface area contributed by atoms with Crippen molar-refractivity contribution < 1.29 is 19.5 Å². The molecule has 6 nitrogen and oxygen atoms in total. The molecule has 0 spiro atoms. The molecular weight excluding hydrogens is 367 g/mol. The van der Waals surface area contributed by atoms with Crippen LogP contribution in [0.1, 0.15) is 18.4 Å². The van der Waals surface area contributed by atoms with E-state index in [2.05, 4.69) is 0 Å². The molecule has 134 valence electrons. The van der Waals surface area contributed by atoms with Gasteiger partial charge in [0.05, 0.1) is 16.5 Å². The van der Waals surface area contributed by atoms with Gasteiger partial charge in [0.25, 0.3) is 0 Å². The van der Waals surface area contributed by atoms with E-state index in [4.69, 9.17) is 28.3 Å². The molecule has 1 saturated heterocycles. The Balaban J connectivity index is 1.95. The van der Waals surface area contributed by atoms with Gasteiger partial charge in [-0.25, -0.2) is 0 Å². The van der Waals surface area contributed by atoms with E-state index in [0.717, 1.165) is 5.56 Å². The molecule has 0 aromatic heterocycles. The summed E-state index contributed by atoms with van der Waals surface area (Å²) in [6, 6.07) is 5.06. The Morgan fingerprint density at radius 1 is 1.16 bits per heavy atom. The number of benzene rings is 1. The SMILES string of the molecule is O=C(O)CCN1CCN(C(=O)/C=C/c2ccc(Cl)c(Cl)c2)CCC1=O. The van der Waals surface area contributed by atoms with Gasteiger partial charge in [0, 0.05) is 38.7 Å². The Kier molecular flexibility index (Phi) is 6.84. The van der Waals surface area contributed by atoms with Gasteiger partial charge in [0.1, 0.15) is 0 Å². The van der Waals surface area contributed by atoms with Crippen LogP contribution in [0.2, 0.25) is 10.0 Å². The topological polar surface area (TPSA) is 77.9 Å². The molecule has 0 bridgehead atoms. The lowest BCUT2D eigenvalue weighted by atomic mass is 10.2. The molecule has 1 aromatic rings. The molecular formula is C17H18Cl2N2O4. The molecule has 1 heterocycles. The predicted molar refractivity (Wildman–Crippen MR) is 95.5 cm³/mol. The highest BCUT2D eigenvalue weighted by molar-refractivity contribution is 6.42. The molecule has 1 fully saturated rings. The molecule has 8 heteroatoms. The third-order valence-corrected chi connectivity index (χ3v) is 4.60. The largest absolute Gasteiger partial charge is 0.481 e. The molecule has 1 aromatic carbocycles. The van der Waals surface area contributed by atoms with E-state index in [-0.39, 0.29) is 31.2 Å². The summed E-state index contributed by atoms with van der Waals surface area (Å²) in [4.78, 5) is 38.0. The van der Waals surface area contributed by atoms with E-state index in [0.29, 0.717) is 29.7 Å². The quantitative estimate of drug-likeness (QED) is 0.791. The number of carboxylic acids is 1. The monoisotopic (exact) mass is 384 g/mol. The fraction of sp³-hybridized carbons (Fsp3) is 0.353. The van der Waals surface area contributed by atoms with Crippen molar-refractivity contribution in [3.05, 3.63) is 39.9 Å². The number of rotatable bonds is 5. The Labute approximate surface area is 155 Å². The van der Waals surface area contributed by atoms with E-state index >= 15 is 0 Å². The van der Waals surface area contributed by atoms with Gasteiger partial charge in [0.15, 0.2) is 0 Å². The molecule has 0 aliphatic carbocycles. The minimum atomic E-state index is -0.950. The van der Waals surface area contributed by atoms with E-state index in [9.17, 15) is 14.4 Å². The van der Waals surface area contributed by atoms with Gasteiger partial charge in [-0.3, -0.25) is 14.4 Å². The average molecular weight is 385 g/mol. The molecule has 1 aliphatic heterocycles. The first kappa shape index (κ1) is 19.3. The third kappa shape index (κ3) is 5.76. The summed E-state index contributed by atoms with van der Waals surface area (Å²) >= 11 is 11.8. The lowest BCUT2D eigenvalue weighted by Gasteiger charge is -2.20. The summed E-state index contributed by atoms with van der Waals surface area (Å²) in [5.74, 6) is -1.29. The highest BCUT2D eigenvalue weighted by Crippen LogP contribution is 2.23. The normalized spacial score (nSPS) is 15.5. The standard InChI is InChI=1S/C17H18Cl2N2O4/c18-13-3-1-12(11-14(13)19)2-4-15(22)20-7-5-16(23)21(10-9-20)8-6-17(24)25/h1-4,11H,5-10H2,(H,24,25)/b4-2+. The summed E-state index contributed by atoms with van der Waals surface area (Å²) in [5.41, 5.74) is 0.747. The summed E-state index contributed by atoms with van der Waals surface area (Å²) in [6.07, 6.45) is 3.15. The highest BCUT2D eigenvalue weighted by atomic mass is 35.5. The summed E-state index contributed by atoms with van der Waals surface area (Å²) in [7, 11) is 0. The van der Waals surface area contributed by atoms with Crippen molar-refractivity contribution in [3.8, 4) is 0 Å². The molecule has 25 heavy (non-hydrogen) atoms. The summed E-state index contributed by atoms with van der Waals surface area (Å²) in [5, 5.41) is 9.58. The number of carbonyl (C=O) groups is 3. The van der Waals surface area contributed by atoms with Gasteiger partial charge < -0.3 is 14.9 Å². The van der Waals surface area contributed by atoms with Crippen LogP contribution in [0.4, 0.5) is 0 Å². The van der Waals surface area contributed by atoms with Crippen LogP contribution in [0.3, 0.4) is 0 Å². The minimum Gasteiger partial charge on any atom is -0.481 e. The number of nitrogens with zero attached hydrogens (tertiary/aromatic N) is 2. The van der Waals surface area contributed by atoms with Crippen LogP contribution in [0, 0.1) is 0 Å². The summed E-state index contributed by atoms with van der Waals surface area (Å²) in [6.45, 7) is 1.18. The van der Waals surface area contributed by atoms with Gasteiger partial charge >= 0.3 is 5.97 Å². The summed E-state index contributed by atoms with van der Waals surface area (Å²) < 4.78 is 0. The van der Waals surface area contributed by atoms with Crippen LogP contribution < -0.4 is 0 Å². The van der Waals surface area contributed by atoms with Crippen LogP contribution in [0.25, 0.3) is 6.08 Å². The molecule has 0 radical (unpaired) electrons. The van der Waals surface area contributed by atoms with E-state index < -0.39 is 5.97 Å². The lowest BCUT2D eigenvalue weighted by molar-refractivity contribution is -0.138. The first-order valence-corrected chi connectivity index (χ1v) is 8.54. The van der Waals surface area contributed by atoms with Crippen LogP contribution in [0.15, 0.2) is 24.3 Å². The maximum absolute atomic E-state index is 12.3. The van der Waals surface area contributed by atoms with Crippen molar-refractivity contribution in [3.63, 3.8) is 0 Å². The molecule has 1 aliphatic rings. The van der Waals surface area contributed by atoms with Gasteiger partial charge in [-0.05, 0) is 23.8 Å². The highest BCUT2D eigenvalue weighted by Gasteiger charge is 2.23. The average Bonchev–Trinajstić information content (AvgIpc) is 2.75. The second kappa shape index (κ2) is 8.87. The second-order valence-corrected chi connectivity index (χ2v) is 6.42. The lowest BCUT2D eigenvalue weighted by Crippen LogP contribution is -2.36. The maximum atomic E-state index is 12.3. The Hall–Kier alpha value is -2.05. The van der Waals surface area contributed by atoms with Gasteiger partial charge in [-0.1, -0.05) is 29.3 Å². The van der Waals surface area contributed by atoms with Crippen molar-refractivity contribution in [2.45, 2.75) is 12.8 Å². The molecule has 0 atom stereocenters. The number of carbonyl (C=O) groups excluding carboxylic acids is 2. The first-order chi connectivity index (χ1) is 11.9. The van der Waals surface area contributed by atoms with Crippen molar-refractivity contribution in [1.82, 2.24) is 9.80 Å². The Morgan fingerprint density at radius 2 is 1.92 bits per heavy atom. The Morgan fingerprint density at radius 3 is 2.60 bits per heavy atom. The fourth-order valence-corrected chi connectivity index (χ4v) is 2.75. The molecule has 2 rings (SSSR count). The van der Waals surface area contributed by atoms with Crippen LogP contribution >= 0.6 is 23.2 Å². The maximum Gasteiger partial charge on any atom is 0.305 e. The zero-order chi connectivity index (χ0) is 18.4. The van der Waals surface area contributed by atoms with E-state index in [1.807, 2.05) is 0 Å². The number of aliphatic carboxylic acids is 1. The smallest absolute Gasteiger partial charge is 0.305 e. The van der Waals surface area contributed by atoms with Gasteiger partial charge in [0.2, 0.25) is 11.8 Å². The minimum absolute atomic E-state index is 0.100. The number of amides is 2. The predicted octanol–water partition coefficient (Wildman–Crippen LogP) is 2.54. The van der Waals surface area contributed by atoms with Crippen molar-refractivity contribution in [1.29, 1.82) is 0 Å². The number of carboxylic acid groups (broad SMARTS) is 1. The van der Waals surface area contributed by atoms with Crippen molar-refractivity contribution >= 4 is 47.1 Å². The van der Waals surface area contributed by atoms with Crippen LogP contribution in [-0.4, -0.2) is 58.9 Å². The van der Waals surface area contributed by atoms with Crippen LogP contribution in [-0.2, 0) is 14.4 Å². The van der Waals surface area contributed by atoms with Gasteiger partial charge in [-0.2, -0.15) is 0 Å². The second-order valence-electron chi connectivity index (χ2n) is 5.61. The first-order valence-electron chi connectivity index (χ1n) is 7.78. The van der Waals surface area contributed by atoms with Crippen molar-refractivity contribution in [2.24, 2.45) is 0 Å². The fourth-order valence-electron chi connectivity index (χ4n) is 2.44. The molecule has 0 saturated carbocycles.